The van der Waals surface area contributed by atoms with Crippen LogP contribution in [0.5, 0.6) is 0 Å². The number of piperazine rings is 1. The van der Waals surface area contributed by atoms with E-state index in [0.717, 1.165) is 37.8 Å². The van der Waals surface area contributed by atoms with E-state index in [9.17, 15) is 27.9 Å². The Morgan fingerprint density at radius 1 is 1.03 bits per heavy atom. The predicted molar refractivity (Wildman–Crippen MR) is 140 cm³/mol. The second kappa shape index (κ2) is 9.50. The van der Waals surface area contributed by atoms with Gasteiger partial charge in [-0.05, 0) is 93.2 Å². The molecule has 2 N–H and O–H groups in total. The van der Waals surface area contributed by atoms with E-state index in [1.165, 1.54) is 12.1 Å². The summed E-state index contributed by atoms with van der Waals surface area (Å²) in [6.45, 7) is 3.89. The summed E-state index contributed by atoms with van der Waals surface area (Å²) in [6.07, 6.45) is -0.319. The molecule has 4 bridgehead atoms. The average Bonchev–Trinajstić information content (AvgIpc) is 2.89. The van der Waals surface area contributed by atoms with Gasteiger partial charge in [-0.15, -0.1) is 0 Å². The number of pyridine rings is 1. The predicted octanol–water partition coefficient (Wildman–Crippen LogP) is 4.21. The summed E-state index contributed by atoms with van der Waals surface area (Å²) in [5.74, 6) is -0.101. The minimum Gasteiger partial charge on any atom is -0.390 e. The maximum atomic E-state index is 13.3. The van der Waals surface area contributed by atoms with Crippen molar-refractivity contribution in [2.75, 3.05) is 29.4 Å². The van der Waals surface area contributed by atoms with Crippen molar-refractivity contribution >= 4 is 23.2 Å². The summed E-state index contributed by atoms with van der Waals surface area (Å²) < 4.78 is 38.2. The summed E-state index contributed by atoms with van der Waals surface area (Å²) >= 11 is 0. The molecule has 5 fully saturated rings. The largest absolute Gasteiger partial charge is 0.454 e. The number of carbonyl (C=O) groups is 2. The normalized spacial score (nSPS) is 31.9. The number of nitrogens with zero attached hydrogens (tertiary/aromatic N) is 3. The minimum atomic E-state index is -4.89. The molecule has 1 aromatic heterocycles. The zero-order valence-electron chi connectivity index (χ0n) is 21.8. The van der Waals surface area contributed by atoms with Crippen LogP contribution in [0.25, 0.3) is 0 Å². The van der Waals surface area contributed by atoms with Crippen molar-refractivity contribution in [3.8, 4) is 0 Å². The van der Waals surface area contributed by atoms with E-state index in [-0.39, 0.29) is 23.6 Å². The molecule has 1 saturated heterocycles. The number of rotatable bonds is 5. The summed E-state index contributed by atoms with van der Waals surface area (Å²) in [4.78, 5) is 33.6. The molecule has 1 amide bonds. The topological polar surface area (TPSA) is 85.8 Å². The number of alkyl halides is 3. The number of ketones is 1. The highest BCUT2D eigenvalue weighted by Crippen LogP contribution is 2.55. The SMILES string of the molecule is C[C@@H]1CN(c2ccc(C(=O)C(F)(F)F)cc2)CCN1c1cccc(C(=O)N[C@H]2C3CC4CC2C[C@](O)(C4)C3)n1. The molecule has 1 aliphatic heterocycles. The zero-order valence-corrected chi connectivity index (χ0v) is 21.8. The number of anilines is 2. The van der Waals surface area contributed by atoms with Gasteiger partial charge in [0, 0.05) is 43.0 Å². The van der Waals surface area contributed by atoms with Crippen molar-refractivity contribution in [1.82, 2.24) is 10.3 Å². The summed E-state index contributed by atoms with van der Waals surface area (Å²) in [7, 11) is 0. The van der Waals surface area contributed by atoms with Gasteiger partial charge in [-0.2, -0.15) is 13.2 Å². The molecule has 7 rings (SSSR count). The summed E-state index contributed by atoms with van der Waals surface area (Å²) in [5, 5.41) is 14.1. The van der Waals surface area contributed by atoms with Gasteiger partial charge in [-0.3, -0.25) is 9.59 Å². The van der Waals surface area contributed by atoms with E-state index < -0.39 is 17.6 Å². The molecule has 2 unspecified atom stereocenters. The van der Waals surface area contributed by atoms with Crippen LogP contribution in [0.1, 0.15) is 59.9 Å². The molecule has 5 aliphatic rings. The molecule has 208 valence electrons. The van der Waals surface area contributed by atoms with Crippen molar-refractivity contribution < 1.29 is 27.9 Å². The van der Waals surface area contributed by atoms with Gasteiger partial charge in [-0.1, -0.05) is 6.07 Å². The van der Waals surface area contributed by atoms with E-state index in [0.29, 0.717) is 48.9 Å². The molecule has 2 heterocycles. The Morgan fingerprint density at radius 2 is 1.72 bits per heavy atom. The number of aliphatic hydroxyl groups is 1. The molecule has 10 heteroatoms. The number of nitrogens with one attached hydrogen (secondary N) is 1. The van der Waals surface area contributed by atoms with E-state index in [2.05, 4.69) is 15.1 Å². The molecule has 0 radical (unpaired) electrons. The van der Waals surface area contributed by atoms with Crippen LogP contribution in [-0.2, 0) is 0 Å². The number of halogens is 3. The quantitative estimate of drug-likeness (QED) is 0.551. The van der Waals surface area contributed by atoms with Crippen molar-refractivity contribution in [2.24, 2.45) is 17.8 Å². The highest BCUT2D eigenvalue weighted by atomic mass is 19.4. The average molecular weight is 543 g/mol. The van der Waals surface area contributed by atoms with Gasteiger partial charge < -0.3 is 20.2 Å². The van der Waals surface area contributed by atoms with Gasteiger partial charge in [-0.25, -0.2) is 4.98 Å². The fourth-order valence-electron chi connectivity index (χ4n) is 7.67. The zero-order chi connectivity index (χ0) is 27.5. The monoisotopic (exact) mass is 542 g/mol. The Balaban J connectivity index is 1.10. The number of aromatic nitrogens is 1. The third-order valence-electron chi connectivity index (χ3n) is 9.18. The first-order valence-electron chi connectivity index (χ1n) is 13.7. The third-order valence-corrected chi connectivity index (χ3v) is 9.18. The van der Waals surface area contributed by atoms with Gasteiger partial charge >= 0.3 is 6.18 Å². The molecule has 0 spiro atoms. The molecular formula is C29H33F3N4O3. The lowest BCUT2D eigenvalue weighted by Gasteiger charge is -2.58. The van der Waals surface area contributed by atoms with Crippen molar-refractivity contribution in [2.45, 2.75) is 62.9 Å². The molecule has 2 aromatic rings. The lowest BCUT2D eigenvalue weighted by molar-refractivity contribution is -0.136. The highest BCUT2D eigenvalue weighted by molar-refractivity contribution is 6.00. The minimum absolute atomic E-state index is 0.0335. The van der Waals surface area contributed by atoms with Crippen molar-refractivity contribution in [1.29, 1.82) is 0 Å². The van der Waals surface area contributed by atoms with E-state index in [1.54, 1.807) is 18.2 Å². The maximum absolute atomic E-state index is 13.3. The number of amides is 1. The maximum Gasteiger partial charge on any atom is 0.454 e. The number of carbonyl (C=O) groups excluding carboxylic acids is 2. The molecule has 39 heavy (non-hydrogen) atoms. The van der Waals surface area contributed by atoms with Crippen LogP contribution in [0.15, 0.2) is 42.5 Å². The molecule has 4 saturated carbocycles. The Hall–Kier alpha value is -3.14. The van der Waals surface area contributed by atoms with E-state index in [4.69, 9.17) is 4.98 Å². The van der Waals surface area contributed by atoms with Crippen molar-refractivity contribution in [3.63, 3.8) is 0 Å². The summed E-state index contributed by atoms with van der Waals surface area (Å²) in [5.41, 5.74) is 0.208. The molecule has 7 nitrogen and oxygen atoms in total. The fourth-order valence-corrected chi connectivity index (χ4v) is 7.67. The lowest BCUT2D eigenvalue weighted by Crippen LogP contribution is -2.61. The smallest absolute Gasteiger partial charge is 0.390 e. The third kappa shape index (κ3) is 4.99. The fraction of sp³-hybridized carbons (Fsp3) is 0.552. The first-order chi connectivity index (χ1) is 18.5. The molecule has 1 aromatic carbocycles. The molecular weight excluding hydrogens is 509 g/mol. The summed E-state index contributed by atoms with van der Waals surface area (Å²) in [6, 6.07) is 11.1. The Morgan fingerprint density at radius 3 is 2.33 bits per heavy atom. The van der Waals surface area contributed by atoms with Crippen molar-refractivity contribution in [3.05, 3.63) is 53.7 Å². The Bertz CT molecular complexity index is 1250. The Labute approximate surface area is 225 Å². The number of hydrogen-bond donors (Lipinski definition) is 2. The van der Waals surface area contributed by atoms with Crippen LogP contribution in [0.4, 0.5) is 24.7 Å². The second-order valence-electron chi connectivity index (χ2n) is 11.9. The van der Waals surface area contributed by atoms with Crippen LogP contribution in [0, 0.1) is 17.8 Å². The molecule has 4 aliphatic carbocycles. The van der Waals surface area contributed by atoms with E-state index in [1.807, 2.05) is 19.1 Å². The van der Waals surface area contributed by atoms with Gasteiger partial charge in [0.25, 0.3) is 11.7 Å². The first-order valence-corrected chi connectivity index (χ1v) is 13.7. The van der Waals surface area contributed by atoms with Crippen LogP contribution < -0.4 is 15.1 Å². The highest BCUT2D eigenvalue weighted by Gasteiger charge is 2.55. The van der Waals surface area contributed by atoms with Crippen LogP contribution in [-0.4, -0.2) is 65.3 Å². The Kier molecular flexibility index (Phi) is 6.36. The lowest BCUT2D eigenvalue weighted by atomic mass is 9.52. The standard InChI is InChI=1S/C29H33F3N4O3/c1-17-16-35(22-7-5-19(6-8-22)26(37)29(30,31)32)9-10-36(17)24-4-2-3-23(33-24)27(38)34-25-20-11-18-12-21(25)15-28(39,13-18)14-20/h2-8,17-18,20-21,25,39H,9-16H2,1H3,(H,34,38)/t17-,18?,20?,21?,25-,28-/m1/s1. The number of hydrogen-bond acceptors (Lipinski definition) is 6. The number of Topliss-reactive ketones (excluding diaryl/α,β-unsaturated/α-hetero) is 1. The number of benzene rings is 1. The van der Waals surface area contributed by atoms with Gasteiger partial charge in [0.05, 0.1) is 5.60 Å². The van der Waals surface area contributed by atoms with Gasteiger partial charge in [0.2, 0.25) is 0 Å². The first kappa shape index (κ1) is 26.1. The van der Waals surface area contributed by atoms with Crippen LogP contribution in [0.2, 0.25) is 0 Å². The van der Waals surface area contributed by atoms with Crippen LogP contribution in [0.3, 0.4) is 0 Å². The second-order valence-corrected chi connectivity index (χ2v) is 11.9. The van der Waals surface area contributed by atoms with E-state index >= 15 is 0 Å². The molecule has 3 atom stereocenters. The van der Waals surface area contributed by atoms with Gasteiger partial charge in [0.15, 0.2) is 0 Å². The van der Waals surface area contributed by atoms with Gasteiger partial charge in [0.1, 0.15) is 11.5 Å². The van der Waals surface area contributed by atoms with Crippen LogP contribution >= 0.6 is 0 Å².